The molecule has 1 heterocycles. The van der Waals surface area contributed by atoms with Crippen LogP contribution in [0.4, 0.5) is 5.82 Å². The maximum Gasteiger partial charge on any atom is 0.242 e. The fourth-order valence-electron chi connectivity index (χ4n) is 2.37. The second-order valence-corrected chi connectivity index (χ2v) is 7.20. The van der Waals surface area contributed by atoms with Crippen molar-refractivity contribution in [2.45, 2.75) is 49.1 Å². The zero-order valence-electron chi connectivity index (χ0n) is 11.4. The molecule has 1 aliphatic rings. The van der Waals surface area contributed by atoms with E-state index in [1.165, 1.54) is 12.3 Å². The molecule has 5 N–H and O–H groups in total. The van der Waals surface area contributed by atoms with Crippen LogP contribution in [0.3, 0.4) is 0 Å². The SMILES string of the molecule is NNc1ncc(S(=O)(=O)NC2CCCCCC2O)cc1Cl. The lowest BCUT2D eigenvalue weighted by atomic mass is 10.1. The summed E-state index contributed by atoms with van der Waals surface area (Å²) in [5, 5.41) is 10.1. The third kappa shape index (κ3) is 4.04. The van der Waals surface area contributed by atoms with E-state index in [1.807, 2.05) is 0 Å². The second kappa shape index (κ2) is 6.89. The van der Waals surface area contributed by atoms with Crippen LogP contribution in [0.25, 0.3) is 0 Å². The van der Waals surface area contributed by atoms with E-state index in [9.17, 15) is 13.5 Å². The molecular formula is C12H19ClN4O3S. The quantitative estimate of drug-likeness (QED) is 0.370. The molecule has 0 aromatic carbocycles. The number of hydrogen-bond acceptors (Lipinski definition) is 6. The molecule has 1 aliphatic carbocycles. The first-order valence-corrected chi connectivity index (χ1v) is 8.62. The van der Waals surface area contributed by atoms with Gasteiger partial charge in [-0.1, -0.05) is 30.9 Å². The van der Waals surface area contributed by atoms with Crippen molar-refractivity contribution in [3.63, 3.8) is 0 Å². The van der Waals surface area contributed by atoms with Crippen molar-refractivity contribution in [3.05, 3.63) is 17.3 Å². The number of nitrogens with two attached hydrogens (primary N) is 1. The number of nitrogens with one attached hydrogen (secondary N) is 2. The van der Waals surface area contributed by atoms with E-state index in [0.717, 1.165) is 19.3 Å². The number of halogens is 1. The van der Waals surface area contributed by atoms with Gasteiger partial charge in [-0.15, -0.1) is 0 Å². The van der Waals surface area contributed by atoms with Crippen molar-refractivity contribution in [2.24, 2.45) is 5.84 Å². The minimum absolute atomic E-state index is 0.0528. The minimum atomic E-state index is -3.78. The van der Waals surface area contributed by atoms with Crippen LogP contribution in [0.15, 0.2) is 17.2 Å². The van der Waals surface area contributed by atoms with Gasteiger partial charge < -0.3 is 10.5 Å². The van der Waals surface area contributed by atoms with Crippen molar-refractivity contribution in [1.82, 2.24) is 9.71 Å². The number of hydrazine groups is 1. The average molecular weight is 335 g/mol. The highest BCUT2D eigenvalue weighted by Crippen LogP contribution is 2.23. The Morgan fingerprint density at radius 2 is 2.05 bits per heavy atom. The fraction of sp³-hybridized carbons (Fsp3) is 0.583. The van der Waals surface area contributed by atoms with Gasteiger partial charge in [0.1, 0.15) is 4.90 Å². The number of aliphatic hydroxyl groups is 1. The molecule has 0 amide bonds. The summed E-state index contributed by atoms with van der Waals surface area (Å²) in [4.78, 5) is 3.79. The number of sulfonamides is 1. The first-order valence-electron chi connectivity index (χ1n) is 6.76. The minimum Gasteiger partial charge on any atom is -0.391 e. The molecule has 0 bridgehead atoms. The van der Waals surface area contributed by atoms with Gasteiger partial charge in [0.05, 0.1) is 11.1 Å². The molecule has 1 aromatic rings. The number of aromatic nitrogens is 1. The smallest absolute Gasteiger partial charge is 0.242 e. The van der Waals surface area contributed by atoms with Crippen molar-refractivity contribution >= 4 is 27.4 Å². The van der Waals surface area contributed by atoms with E-state index in [1.54, 1.807) is 0 Å². The Morgan fingerprint density at radius 1 is 1.33 bits per heavy atom. The molecule has 0 saturated heterocycles. The normalized spacial score (nSPS) is 23.6. The Labute approximate surface area is 128 Å². The summed E-state index contributed by atoms with van der Waals surface area (Å²) < 4.78 is 27.2. The Morgan fingerprint density at radius 3 is 2.71 bits per heavy atom. The summed E-state index contributed by atoms with van der Waals surface area (Å²) >= 11 is 5.89. The maximum atomic E-state index is 12.3. The molecule has 118 valence electrons. The highest BCUT2D eigenvalue weighted by molar-refractivity contribution is 7.89. The van der Waals surface area contributed by atoms with Gasteiger partial charge in [0.2, 0.25) is 10.0 Å². The molecule has 2 atom stereocenters. The molecule has 21 heavy (non-hydrogen) atoms. The second-order valence-electron chi connectivity index (χ2n) is 5.08. The lowest BCUT2D eigenvalue weighted by molar-refractivity contribution is 0.130. The summed E-state index contributed by atoms with van der Waals surface area (Å²) in [5.74, 6) is 5.40. The first-order chi connectivity index (χ1) is 9.94. The zero-order chi connectivity index (χ0) is 15.5. The number of pyridine rings is 1. The van der Waals surface area contributed by atoms with Gasteiger partial charge in [0.25, 0.3) is 0 Å². The molecule has 1 fully saturated rings. The predicted molar refractivity (Wildman–Crippen MR) is 80.3 cm³/mol. The topological polar surface area (TPSA) is 117 Å². The van der Waals surface area contributed by atoms with E-state index in [4.69, 9.17) is 17.4 Å². The van der Waals surface area contributed by atoms with Crippen LogP contribution in [0.1, 0.15) is 32.1 Å². The molecular weight excluding hydrogens is 316 g/mol. The third-order valence-electron chi connectivity index (χ3n) is 3.55. The lowest BCUT2D eigenvalue weighted by Gasteiger charge is -2.21. The van der Waals surface area contributed by atoms with Gasteiger partial charge in [-0.05, 0) is 18.9 Å². The summed E-state index contributed by atoms with van der Waals surface area (Å²) in [6, 6.07) is 0.790. The number of rotatable bonds is 4. The van der Waals surface area contributed by atoms with Crippen molar-refractivity contribution in [1.29, 1.82) is 0 Å². The number of nitrogen functional groups attached to an aromatic ring is 1. The number of hydrogen-bond donors (Lipinski definition) is 4. The molecule has 2 unspecified atom stereocenters. The third-order valence-corrected chi connectivity index (χ3v) is 5.29. The highest BCUT2D eigenvalue weighted by atomic mass is 35.5. The van der Waals surface area contributed by atoms with Crippen LogP contribution in [0.5, 0.6) is 0 Å². The summed E-state index contributed by atoms with van der Waals surface area (Å²) in [6.45, 7) is 0. The van der Waals surface area contributed by atoms with Crippen LogP contribution in [-0.2, 0) is 10.0 Å². The standard InChI is InChI=1S/C12H19ClN4O3S/c13-9-6-8(7-15-12(9)16-14)21(19,20)17-10-4-2-1-3-5-11(10)18/h6-7,10-11,17-18H,1-5,14H2,(H,15,16). The summed E-state index contributed by atoms with van der Waals surface area (Å²) in [5.41, 5.74) is 2.27. The van der Waals surface area contributed by atoms with Crippen molar-refractivity contribution in [3.8, 4) is 0 Å². The molecule has 1 saturated carbocycles. The van der Waals surface area contributed by atoms with Crippen LogP contribution >= 0.6 is 11.6 Å². The Kier molecular flexibility index (Phi) is 5.39. The lowest BCUT2D eigenvalue weighted by Crippen LogP contribution is -2.42. The van der Waals surface area contributed by atoms with E-state index < -0.39 is 22.2 Å². The molecule has 7 nitrogen and oxygen atoms in total. The molecule has 0 spiro atoms. The maximum absolute atomic E-state index is 12.3. The Bertz CT molecular complexity index is 596. The zero-order valence-corrected chi connectivity index (χ0v) is 13.0. The average Bonchev–Trinajstić information content (AvgIpc) is 2.64. The Hall–Kier alpha value is -0.930. The molecule has 9 heteroatoms. The Balaban J connectivity index is 2.19. The van der Waals surface area contributed by atoms with Crippen molar-refractivity contribution in [2.75, 3.05) is 5.43 Å². The van der Waals surface area contributed by atoms with E-state index in [0.29, 0.717) is 12.8 Å². The monoisotopic (exact) mass is 334 g/mol. The highest BCUT2D eigenvalue weighted by Gasteiger charge is 2.27. The van der Waals surface area contributed by atoms with Gasteiger partial charge in [0, 0.05) is 12.2 Å². The largest absolute Gasteiger partial charge is 0.391 e. The molecule has 1 aromatic heterocycles. The predicted octanol–water partition coefficient (Wildman–Crippen LogP) is 0.992. The van der Waals surface area contributed by atoms with E-state index in [2.05, 4.69) is 15.1 Å². The fourth-order valence-corrected chi connectivity index (χ4v) is 3.93. The van der Waals surface area contributed by atoms with Crippen LogP contribution in [-0.4, -0.2) is 30.7 Å². The van der Waals surface area contributed by atoms with Crippen LogP contribution < -0.4 is 16.0 Å². The van der Waals surface area contributed by atoms with Gasteiger partial charge in [-0.25, -0.2) is 24.0 Å². The van der Waals surface area contributed by atoms with Gasteiger partial charge in [0.15, 0.2) is 5.82 Å². The van der Waals surface area contributed by atoms with Crippen LogP contribution in [0.2, 0.25) is 5.02 Å². The van der Waals surface area contributed by atoms with Gasteiger partial charge in [-0.2, -0.15) is 0 Å². The molecule has 0 aliphatic heterocycles. The number of nitrogens with zero attached hydrogens (tertiary/aromatic N) is 1. The van der Waals surface area contributed by atoms with E-state index >= 15 is 0 Å². The molecule has 0 radical (unpaired) electrons. The van der Waals surface area contributed by atoms with Gasteiger partial charge >= 0.3 is 0 Å². The van der Waals surface area contributed by atoms with Crippen molar-refractivity contribution < 1.29 is 13.5 Å². The van der Waals surface area contributed by atoms with E-state index in [-0.39, 0.29) is 15.7 Å². The van der Waals surface area contributed by atoms with Crippen LogP contribution in [0, 0.1) is 0 Å². The summed E-state index contributed by atoms with van der Waals surface area (Å²) in [6.07, 6.45) is 4.51. The summed E-state index contributed by atoms with van der Waals surface area (Å²) in [7, 11) is -3.78. The van der Waals surface area contributed by atoms with Gasteiger partial charge in [-0.3, -0.25) is 0 Å². The number of anilines is 1. The first kappa shape index (κ1) is 16.4. The number of aliphatic hydroxyl groups excluding tert-OH is 1. The molecule has 2 rings (SSSR count).